The molecule has 1 aromatic rings. The summed E-state index contributed by atoms with van der Waals surface area (Å²) < 4.78 is 0. The lowest BCUT2D eigenvalue weighted by Gasteiger charge is -2.36. The molecule has 4 heteroatoms. The fourth-order valence-corrected chi connectivity index (χ4v) is 2.97. The largest absolute Gasteiger partial charge is 0.396 e. The number of nitrogens with two attached hydrogens (primary N) is 1. The van der Waals surface area contributed by atoms with Gasteiger partial charge in [-0.15, -0.1) is 0 Å². The summed E-state index contributed by atoms with van der Waals surface area (Å²) in [6, 6.07) is 7.89. The molecular weight excluding hydrogens is 252 g/mol. The summed E-state index contributed by atoms with van der Waals surface area (Å²) in [7, 11) is 0. The molecular formula is C16H24N2O2. The highest BCUT2D eigenvalue weighted by molar-refractivity contribution is 5.96. The van der Waals surface area contributed by atoms with Gasteiger partial charge in [-0.25, -0.2) is 0 Å². The van der Waals surface area contributed by atoms with Crippen molar-refractivity contribution in [1.82, 2.24) is 4.90 Å². The van der Waals surface area contributed by atoms with Gasteiger partial charge in [-0.2, -0.15) is 0 Å². The summed E-state index contributed by atoms with van der Waals surface area (Å²) >= 11 is 0. The molecule has 0 aromatic heterocycles. The van der Waals surface area contributed by atoms with Crippen LogP contribution in [-0.4, -0.2) is 41.7 Å². The monoisotopic (exact) mass is 276 g/mol. The summed E-state index contributed by atoms with van der Waals surface area (Å²) in [5, 5.41) is 9.17. The molecule has 1 aliphatic heterocycles. The lowest BCUT2D eigenvalue weighted by Crippen LogP contribution is -2.44. The number of carbonyl (C=O) groups is 1. The predicted octanol–water partition coefficient (Wildman–Crippen LogP) is 1.56. The molecule has 3 N–H and O–H groups in total. The SMILES string of the molecule is NCCc1ccccc1C(=O)N1CCCCC1CCO. The molecule has 0 radical (unpaired) electrons. The van der Waals surface area contributed by atoms with E-state index in [4.69, 9.17) is 5.73 Å². The minimum Gasteiger partial charge on any atom is -0.396 e. The van der Waals surface area contributed by atoms with E-state index in [-0.39, 0.29) is 18.6 Å². The first-order valence-corrected chi connectivity index (χ1v) is 7.47. The number of rotatable bonds is 5. The first kappa shape index (κ1) is 15.0. The van der Waals surface area contributed by atoms with Crippen LogP contribution in [0.4, 0.5) is 0 Å². The molecule has 20 heavy (non-hydrogen) atoms. The van der Waals surface area contributed by atoms with Crippen molar-refractivity contribution in [3.63, 3.8) is 0 Å². The fraction of sp³-hybridized carbons (Fsp3) is 0.562. The van der Waals surface area contributed by atoms with Gasteiger partial charge in [0.25, 0.3) is 5.91 Å². The van der Waals surface area contributed by atoms with Crippen LogP contribution in [0.25, 0.3) is 0 Å². The smallest absolute Gasteiger partial charge is 0.254 e. The van der Waals surface area contributed by atoms with Crippen molar-refractivity contribution in [3.05, 3.63) is 35.4 Å². The van der Waals surface area contributed by atoms with Crippen molar-refractivity contribution in [2.24, 2.45) is 5.73 Å². The number of hydrogen-bond acceptors (Lipinski definition) is 3. The molecule has 1 heterocycles. The van der Waals surface area contributed by atoms with Crippen molar-refractivity contribution < 1.29 is 9.90 Å². The molecule has 1 unspecified atom stereocenters. The second-order valence-corrected chi connectivity index (χ2v) is 5.36. The summed E-state index contributed by atoms with van der Waals surface area (Å²) in [4.78, 5) is 14.7. The normalized spacial score (nSPS) is 19.1. The lowest BCUT2D eigenvalue weighted by atomic mass is 9.96. The van der Waals surface area contributed by atoms with Gasteiger partial charge in [-0.3, -0.25) is 4.79 Å². The molecule has 1 atom stereocenters. The quantitative estimate of drug-likeness (QED) is 0.858. The van der Waals surface area contributed by atoms with Crippen molar-refractivity contribution in [3.8, 4) is 0 Å². The molecule has 0 spiro atoms. The van der Waals surface area contributed by atoms with Crippen LogP contribution in [0.3, 0.4) is 0 Å². The number of benzene rings is 1. The van der Waals surface area contributed by atoms with Gasteiger partial charge in [0.2, 0.25) is 0 Å². The zero-order valence-corrected chi connectivity index (χ0v) is 11.9. The van der Waals surface area contributed by atoms with Crippen LogP contribution in [0.2, 0.25) is 0 Å². The highest BCUT2D eigenvalue weighted by atomic mass is 16.3. The Bertz CT molecular complexity index is 446. The maximum Gasteiger partial charge on any atom is 0.254 e. The number of nitrogens with zero attached hydrogens (tertiary/aromatic N) is 1. The maximum atomic E-state index is 12.8. The summed E-state index contributed by atoms with van der Waals surface area (Å²) in [6.45, 7) is 1.48. The average Bonchev–Trinajstić information content (AvgIpc) is 2.48. The molecule has 1 fully saturated rings. The molecule has 110 valence electrons. The molecule has 0 bridgehead atoms. The van der Waals surface area contributed by atoms with Crippen molar-refractivity contribution in [2.75, 3.05) is 19.7 Å². The maximum absolute atomic E-state index is 12.8. The number of piperidine rings is 1. The molecule has 2 rings (SSSR count). The molecule has 1 amide bonds. The van der Waals surface area contributed by atoms with E-state index in [0.717, 1.165) is 43.4 Å². The van der Waals surface area contributed by atoms with Gasteiger partial charge >= 0.3 is 0 Å². The van der Waals surface area contributed by atoms with Crippen LogP contribution >= 0.6 is 0 Å². The van der Waals surface area contributed by atoms with Crippen molar-refractivity contribution >= 4 is 5.91 Å². The Labute approximate surface area is 120 Å². The molecule has 1 aliphatic rings. The van der Waals surface area contributed by atoms with Gasteiger partial charge in [0.15, 0.2) is 0 Å². The Hall–Kier alpha value is -1.39. The van der Waals surface area contributed by atoms with Crippen molar-refractivity contribution in [1.29, 1.82) is 0 Å². The number of carbonyl (C=O) groups excluding carboxylic acids is 1. The Kier molecular flexibility index (Phi) is 5.56. The number of amides is 1. The standard InChI is InChI=1S/C16H24N2O2/c17-10-8-13-5-1-2-7-15(13)16(20)18-11-4-3-6-14(18)9-12-19/h1-2,5,7,14,19H,3-4,6,8-12,17H2. The number of aliphatic hydroxyl groups is 1. The molecule has 1 saturated heterocycles. The molecule has 1 aromatic carbocycles. The first-order valence-electron chi connectivity index (χ1n) is 7.47. The Morgan fingerprint density at radius 3 is 2.90 bits per heavy atom. The van der Waals surface area contributed by atoms with E-state index in [0.29, 0.717) is 13.0 Å². The summed E-state index contributed by atoms with van der Waals surface area (Å²) in [5.41, 5.74) is 7.41. The van der Waals surface area contributed by atoms with E-state index >= 15 is 0 Å². The molecule has 0 aliphatic carbocycles. The van der Waals surface area contributed by atoms with E-state index in [1.807, 2.05) is 29.2 Å². The Balaban J connectivity index is 2.20. The van der Waals surface area contributed by atoms with Crippen LogP contribution in [-0.2, 0) is 6.42 Å². The molecule has 0 saturated carbocycles. The highest BCUT2D eigenvalue weighted by Gasteiger charge is 2.27. The van der Waals surface area contributed by atoms with Gasteiger partial charge in [-0.1, -0.05) is 18.2 Å². The number of hydrogen-bond donors (Lipinski definition) is 2. The Morgan fingerprint density at radius 1 is 1.35 bits per heavy atom. The van der Waals surface area contributed by atoms with Gasteiger partial charge in [-0.05, 0) is 50.3 Å². The molecule has 4 nitrogen and oxygen atoms in total. The minimum absolute atomic E-state index is 0.0900. The predicted molar refractivity (Wildman–Crippen MR) is 79.6 cm³/mol. The highest BCUT2D eigenvalue weighted by Crippen LogP contribution is 2.23. The van der Waals surface area contributed by atoms with E-state index in [2.05, 4.69) is 0 Å². The van der Waals surface area contributed by atoms with E-state index in [9.17, 15) is 9.90 Å². The summed E-state index contributed by atoms with van der Waals surface area (Å²) in [5.74, 6) is 0.0900. The van der Waals surface area contributed by atoms with E-state index in [1.165, 1.54) is 0 Å². The second kappa shape index (κ2) is 7.41. The third-order valence-electron chi connectivity index (χ3n) is 4.01. The zero-order valence-electron chi connectivity index (χ0n) is 11.9. The van der Waals surface area contributed by atoms with Gasteiger partial charge < -0.3 is 15.7 Å². The second-order valence-electron chi connectivity index (χ2n) is 5.36. The summed E-state index contributed by atoms with van der Waals surface area (Å²) in [6.07, 6.45) is 4.57. The number of likely N-dealkylation sites (tertiary alicyclic amines) is 1. The Morgan fingerprint density at radius 2 is 2.15 bits per heavy atom. The fourth-order valence-electron chi connectivity index (χ4n) is 2.97. The van der Waals surface area contributed by atoms with Gasteiger partial charge in [0.05, 0.1) is 0 Å². The lowest BCUT2D eigenvalue weighted by molar-refractivity contribution is 0.0573. The topological polar surface area (TPSA) is 66.6 Å². The zero-order chi connectivity index (χ0) is 14.4. The van der Waals surface area contributed by atoms with Gasteiger partial charge in [0, 0.05) is 24.8 Å². The third kappa shape index (κ3) is 3.38. The van der Waals surface area contributed by atoms with Gasteiger partial charge in [0.1, 0.15) is 0 Å². The van der Waals surface area contributed by atoms with Crippen LogP contribution in [0.1, 0.15) is 41.6 Å². The van der Waals surface area contributed by atoms with E-state index in [1.54, 1.807) is 0 Å². The van der Waals surface area contributed by atoms with Crippen LogP contribution < -0.4 is 5.73 Å². The first-order chi connectivity index (χ1) is 9.77. The van der Waals surface area contributed by atoms with E-state index < -0.39 is 0 Å². The van der Waals surface area contributed by atoms with Crippen LogP contribution in [0.5, 0.6) is 0 Å². The van der Waals surface area contributed by atoms with Crippen LogP contribution in [0.15, 0.2) is 24.3 Å². The average molecular weight is 276 g/mol. The van der Waals surface area contributed by atoms with Crippen LogP contribution in [0, 0.1) is 0 Å². The third-order valence-corrected chi connectivity index (χ3v) is 4.01. The van der Waals surface area contributed by atoms with Crippen molar-refractivity contribution in [2.45, 2.75) is 38.1 Å². The minimum atomic E-state index is 0.0900. The number of aliphatic hydroxyl groups excluding tert-OH is 1.